The average molecular weight is 576 g/mol. The molecule has 3 heterocycles. The van der Waals surface area contributed by atoms with E-state index in [2.05, 4.69) is 9.88 Å². The lowest BCUT2D eigenvalue weighted by molar-refractivity contribution is 0.0990. The summed E-state index contributed by atoms with van der Waals surface area (Å²) in [6.07, 6.45) is 1.59. The molecule has 10 nitrogen and oxygen atoms in total. The molecule has 2 aliphatic rings. The second-order valence-corrected chi connectivity index (χ2v) is 14.2. The molecular formula is C25H29N5O5S3. The molecule has 2 aliphatic heterocycles. The molecule has 2 aromatic carbocycles. The third-order valence-electron chi connectivity index (χ3n) is 6.92. The monoisotopic (exact) mass is 575 g/mol. The van der Waals surface area contributed by atoms with E-state index in [0.717, 1.165) is 26.9 Å². The normalized spacial score (nSPS) is 16.5. The SMILES string of the molecule is Cc1csc(N2CCN(S(=O)(=O)c3ccc4c(c3)CCN4C(=O)c3ccccc3N(C)S(C)(=O)=O)CC2)n1. The Bertz CT molecular complexity index is 1590. The van der Waals surface area contributed by atoms with Crippen LogP contribution in [0, 0.1) is 6.92 Å². The maximum Gasteiger partial charge on any atom is 0.260 e. The fourth-order valence-corrected chi connectivity index (χ4v) is 7.61. The predicted octanol–water partition coefficient (Wildman–Crippen LogP) is 2.56. The zero-order valence-electron chi connectivity index (χ0n) is 21.4. The van der Waals surface area contributed by atoms with Gasteiger partial charge in [-0.25, -0.2) is 21.8 Å². The zero-order chi connectivity index (χ0) is 27.2. The molecule has 38 heavy (non-hydrogen) atoms. The largest absolute Gasteiger partial charge is 0.345 e. The molecule has 0 spiro atoms. The maximum atomic E-state index is 13.5. The number of hydrogen-bond donors (Lipinski definition) is 0. The van der Waals surface area contributed by atoms with Crippen molar-refractivity contribution in [3.05, 3.63) is 64.7 Å². The summed E-state index contributed by atoms with van der Waals surface area (Å²) in [7, 11) is -5.85. The first-order valence-corrected chi connectivity index (χ1v) is 16.3. The number of benzene rings is 2. The molecule has 5 rings (SSSR count). The van der Waals surface area contributed by atoms with Crippen LogP contribution >= 0.6 is 11.3 Å². The van der Waals surface area contributed by atoms with Crippen LogP contribution < -0.4 is 14.1 Å². The number of para-hydroxylation sites is 1. The predicted molar refractivity (Wildman–Crippen MR) is 149 cm³/mol. The number of piperazine rings is 1. The Morgan fingerprint density at radius 2 is 1.71 bits per heavy atom. The molecule has 13 heteroatoms. The van der Waals surface area contributed by atoms with Crippen LogP contribution in [-0.2, 0) is 26.5 Å². The Balaban J connectivity index is 1.35. The highest BCUT2D eigenvalue weighted by molar-refractivity contribution is 7.92. The molecule has 1 aromatic heterocycles. The van der Waals surface area contributed by atoms with Gasteiger partial charge in [-0.3, -0.25) is 9.10 Å². The topological polar surface area (TPSA) is 111 Å². The van der Waals surface area contributed by atoms with Crippen molar-refractivity contribution in [2.45, 2.75) is 18.2 Å². The molecule has 0 atom stereocenters. The van der Waals surface area contributed by atoms with Crippen molar-refractivity contribution in [3.8, 4) is 0 Å². The second kappa shape index (κ2) is 9.95. The van der Waals surface area contributed by atoms with Gasteiger partial charge in [-0.2, -0.15) is 4.31 Å². The summed E-state index contributed by atoms with van der Waals surface area (Å²) in [6.45, 7) is 4.19. The van der Waals surface area contributed by atoms with Gasteiger partial charge >= 0.3 is 0 Å². The maximum absolute atomic E-state index is 13.5. The molecule has 202 valence electrons. The number of sulfonamides is 2. The number of fused-ring (bicyclic) bond motifs is 1. The smallest absolute Gasteiger partial charge is 0.260 e. The minimum atomic E-state index is -3.70. The molecule has 0 saturated carbocycles. The fraction of sp³-hybridized carbons (Fsp3) is 0.360. The second-order valence-electron chi connectivity index (χ2n) is 9.41. The van der Waals surface area contributed by atoms with Crippen LogP contribution in [-0.4, -0.2) is 78.1 Å². The van der Waals surface area contributed by atoms with Crippen molar-refractivity contribution in [2.24, 2.45) is 0 Å². The summed E-state index contributed by atoms with van der Waals surface area (Å²) in [5.74, 6) is -0.334. The number of anilines is 3. The third kappa shape index (κ3) is 4.91. The molecule has 1 fully saturated rings. The minimum absolute atomic E-state index is 0.210. The number of hydrogen-bond acceptors (Lipinski definition) is 8. The number of amides is 1. The Kier molecular flexibility index (Phi) is 6.97. The van der Waals surface area contributed by atoms with Gasteiger partial charge in [0.1, 0.15) is 0 Å². The van der Waals surface area contributed by atoms with Gasteiger partial charge in [0.2, 0.25) is 20.0 Å². The Labute approximate surface area is 227 Å². The van der Waals surface area contributed by atoms with Crippen molar-refractivity contribution in [1.82, 2.24) is 9.29 Å². The summed E-state index contributed by atoms with van der Waals surface area (Å²) in [5.41, 5.74) is 2.91. The number of carbonyl (C=O) groups excluding carboxylic acids is 1. The van der Waals surface area contributed by atoms with E-state index >= 15 is 0 Å². The van der Waals surface area contributed by atoms with Gasteiger partial charge in [0.25, 0.3) is 5.91 Å². The summed E-state index contributed by atoms with van der Waals surface area (Å²) < 4.78 is 53.7. The standard InChI is InChI=1S/C25H29N5O5S3/c1-18-17-36-25(26-18)28-12-14-29(15-13-28)38(34,35)20-8-9-22-19(16-20)10-11-30(22)24(31)21-6-4-5-7-23(21)27(2)37(3,32)33/h4-9,16-17H,10-15H2,1-3H3. The Morgan fingerprint density at radius 3 is 2.37 bits per heavy atom. The van der Waals surface area contributed by atoms with E-state index in [1.807, 2.05) is 12.3 Å². The molecule has 0 N–H and O–H groups in total. The lowest BCUT2D eigenvalue weighted by Crippen LogP contribution is -2.48. The van der Waals surface area contributed by atoms with Crippen LogP contribution in [0.4, 0.5) is 16.5 Å². The van der Waals surface area contributed by atoms with Gasteiger partial charge in [-0.1, -0.05) is 12.1 Å². The van der Waals surface area contributed by atoms with Crippen molar-refractivity contribution < 1.29 is 21.6 Å². The summed E-state index contributed by atoms with van der Waals surface area (Å²) in [4.78, 5) is 21.9. The van der Waals surface area contributed by atoms with Gasteiger partial charge in [0.15, 0.2) is 5.13 Å². The molecule has 0 bridgehead atoms. The van der Waals surface area contributed by atoms with Crippen LogP contribution in [0.1, 0.15) is 21.6 Å². The van der Waals surface area contributed by atoms with Crippen LogP contribution in [0.3, 0.4) is 0 Å². The summed E-state index contributed by atoms with van der Waals surface area (Å²) in [6, 6.07) is 11.4. The van der Waals surface area contributed by atoms with Gasteiger partial charge in [-0.05, 0) is 49.2 Å². The molecule has 3 aromatic rings. The highest BCUT2D eigenvalue weighted by Crippen LogP contribution is 2.34. The van der Waals surface area contributed by atoms with E-state index in [1.54, 1.807) is 58.7 Å². The van der Waals surface area contributed by atoms with Gasteiger partial charge in [0, 0.05) is 50.8 Å². The molecule has 0 radical (unpaired) electrons. The highest BCUT2D eigenvalue weighted by atomic mass is 32.2. The van der Waals surface area contributed by atoms with E-state index in [-0.39, 0.29) is 16.4 Å². The van der Waals surface area contributed by atoms with E-state index in [0.29, 0.717) is 50.5 Å². The van der Waals surface area contributed by atoms with Gasteiger partial charge < -0.3 is 9.80 Å². The average Bonchev–Trinajstić information content (AvgIpc) is 3.53. The number of carbonyl (C=O) groups is 1. The van der Waals surface area contributed by atoms with Crippen LogP contribution in [0.15, 0.2) is 52.7 Å². The molecule has 0 unspecified atom stereocenters. The number of aryl methyl sites for hydroxylation is 1. The van der Waals surface area contributed by atoms with Crippen LogP contribution in [0.25, 0.3) is 0 Å². The Morgan fingerprint density at radius 1 is 1.00 bits per heavy atom. The van der Waals surface area contributed by atoms with Gasteiger partial charge in [-0.15, -0.1) is 11.3 Å². The lowest BCUT2D eigenvalue weighted by Gasteiger charge is -2.33. The van der Waals surface area contributed by atoms with E-state index in [9.17, 15) is 21.6 Å². The number of nitrogens with zero attached hydrogens (tertiary/aromatic N) is 5. The first kappa shape index (κ1) is 26.6. The molecule has 1 saturated heterocycles. The lowest BCUT2D eigenvalue weighted by atomic mass is 10.1. The van der Waals surface area contributed by atoms with E-state index < -0.39 is 20.0 Å². The first-order valence-electron chi connectivity index (χ1n) is 12.1. The van der Waals surface area contributed by atoms with Crippen LogP contribution in [0.2, 0.25) is 0 Å². The number of thiazole rings is 1. The van der Waals surface area contributed by atoms with Crippen molar-refractivity contribution in [3.63, 3.8) is 0 Å². The quantitative estimate of drug-likeness (QED) is 0.444. The van der Waals surface area contributed by atoms with E-state index in [4.69, 9.17) is 0 Å². The fourth-order valence-electron chi connectivity index (χ4n) is 4.76. The molecule has 0 aliphatic carbocycles. The minimum Gasteiger partial charge on any atom is -0.345 e. The molecule has 1 amide bonds. The van der Waals surface area contributed by atoms with Crippen molar-refractivity contribution in [2.75, 3.05) is 60.1 Å². The van der Waals surface area contributed by atoms with Crippen LogP contribution in [0.5, 0.6) is 0 Å². The molecular weight excluding hydrogens is 547 g/mol. The number of rotatable bonds is 6. The summed E-state index contributed by atoms with van der Waals surface area (Å²) in [5, 5.41) is 2.89. The van der Waals surface area contributed by atoms with Gasteiger partial charge in [0.05, 0.1) is 28.1 Å². The Hall–Kier alpha value is -3.00. The third-order valence-corrected chi connectivity index (χ3v) is 11.0. The summed E-state index contributed by atoms with van der Waals surface area (Å²) >= 11 is 1.56. The van der Waals surface area contributed by atoms with Crippen molar-refractivity contribution >= 4 is 53.8 Å². The first-order chi connectivity index (χ1) is 18.0. The zero-order valence-corrected chi connectivity index (χ0v) is 23.8. The van der Waals surface area contributed by atoms with Crippen molar-refractivity contribution in [1.29, 1.82) is 0 Å². The highest BCUT2D eigenvalue weighted by Gasteiger charge is 2.33. The van der Waals surface area contributed by atoms with E-state index in [1.165, 1.54) is 11.4 Å². The number of aromatic nitrogens is 1.